The number of benzene rings is 4. The van der Waals surface area contributed by atoms with E-state index in [0.717, 1.165) is 5.56 Å². The zero-order valence-electron chi connectivity index (χ0n) is 23.7. The van der Waals surface area contributed by atoms with Gasteiger partial charge in [-0.25, -0.2) is 4.39 Å². The number of halogens is 2. The molecule has 218 valence electrons. The lowest BCUT2D eigenvalue weighted by Crippen LogP contribution is -2.40. The number of likely N-dealkylation sites (N-methyl/N-ethyl adjacent to an activating group) is 1. The Bertz CT molecular complexity index is 1800. The van der Waals surface area contributed by atoms with Crippen molar-refractivity contribution in [1.82, 2.24) is 15.2 Å². The molecule has 0 saturated heterocycles. The zero-order valence-corrected chi connectivity index (χ0v) is 24.4. The largest absolute Gasteiger partial charge is 0.354 e. The summed E-state index contributed by atoms with van der Waals surface area (Å²) in [6.45, 7) is 1.66. The number of aromatic nitrogens is 1. The summed E-state index contributed by atoms with van der Waals surface area (Å²) >= 11 is 6.76. The van der Waals surface area contributed by atoms with Gasteiger partial charge in [0, 0.05) is 30.2 Å². The van der Waals surface area contributed by atoms with Crippen LogP contribution in [0.1, 0.15) is 44.9 Å². The zero-order chi connectivity index (χ0) is 30.5. The summed E-state index contributed by atoms with van der Waals surface area (Å²) in [5.74, 6) is -1.18. The number of nitrogens with zero attached hydrogens (tertiary/aromatic N) is 1. The van der Waals surface area contributed by atoms with E-state index < -0.39 is 18.6 Å². The van der Waals surface area contributed by atoms with E-state index in [1.807, 2.05) is 25.1 Å². The highest BCUT2D eigenvalue weighted by Gasteiger charge is 2.27. The molecule has 0 fully saturated rings. The Morgan fingerprint density at radius 3 is 2.28 bits per heavy atom. The number of fused-ring (bicyclic) bond motifs is 1. The van der Waals surface area contributed by atoms with Crippen LogP contribution in [0.5, 0.6) is 0 Å². The fourth-order valence-corrected chi connectivity index (χ4v) is 5.42. The van der Waals surface area contributed by atoms with Crippen molar-refractivity contribution in [2.45, 2.75) is 19.6 Å². The van der Waals surface area contributed by atoms with Crippen molar-refractivity contribution < 1.29 is 18.8 Å². The molecule has 3 N–H and O–H groups in total. The van der Waals surface area contributed by atoms with Crippen LogP contribution in [0.25, 0.3) is 22.0 Å². The van der Waals surface area contributed by atoms with Crippen molar-refractivity contribution in [2.24, 2.45) is 7.05 Å². The molecule has 7 nitrogen and oxygen atoms in total. The summed E-state index contributed by atoms with van der Waals surface area (Å²) in [4.78, 5) is 39.8. The van der Waals surface area contributed by atoms with Crippen molar-refractivity contribution in [3.63, 3.8) is 0 Å². The first-order chi connectivity index (χ1) is 20.8. The Kier molecular flexibility index (Phi) is 8.87. The van der Waals surface area contributed by atoms with Gasteiger partial charge in [-0.05, 0) is 53.4 Å². The predicted molar refractivity (Wildman–Crippen MR) is 168 cm³/mol. The molecule has 5 rings (SSSR count). The lowest BCUT2D eigenvalue weighted by atomic mass is 9.98. The van der Waals surface area contributed by atoms with Crippen molar-refractivity contribution in [3.8, 4) is 11.1 Å². The van der Waals surface area contributed by atoms with Gasteiger partial charge >= 0.3 is 0 Å². The molecule has 43 heavy (non-hydrogen) atoms. The molecule has 9 heteroatoms. The summed E-state index contributed by atoms with van der Waals surface area (Å²) in [6, 6.07) is 27.4. The molecular weight excluding hydrogens is 567 g/mol. The first-order valence-electron chi connectivity index (χ1n) is 13.8. The Morgan fingerprint density at radius 2 is 1.58 bits per heavy atom. The second-order valence-electron chi connectivity index (χ2n) is 10.00. The quantitative estimate of drug-likeness (QED) is 0.174. The minimum absolute atomic E-state index is 0.187. The highest BCUT2D eigenvalue weighted by Crippen LogP contribution is 2.33. The van der Waals surface area contributed by atoms with Crippen LogP contribution in [0.2, 0.25) is 5.02 Å². The van der Waals surface area contributed by atoms with E-state index in [9.17, 15) is 18.8 Å². The lowest BCUT2D eigenvalue weighted by molar-refractivity contribution is -0.123. The third kappa shape index (κ3) is 6.15. The van der Waals surface area contributed by atoms with E-state index in [-0.39, 0.29) is 22.5 Å². The highest BCUT2D eigenvalue weighted by molar-refractivity contribution is 6.39. The molecular formula is C34H30ClFN4O3. The van der Waals surface area contributed by atoms with Gasteiger partial charge in [-0.15, -0.1) is 0 Å². The van der Waals surface area contributed by atoms with E-state index in [1.165, 1.54) is 0 Å². The van der Waals surface area contributed by atoms with Gasteiger partial charge in [0.2, 0.25) is 5.91 Å². The molecule has 1 atom stereocenters. The summed E-state index contributed by atoms with van der Waals surface area (Å²) in [6.07, 6.45) is 0. The van der Waals surface area contributed by atoms with Gasteiger partial charge in [-0.1, -0.05) is 84.4 Å². The molecule has 0 radical (unpaired) electrons. The number of hydrogen-bond acceptors (Lipinski definition) is 3. The normalized spacial score (nSPS) is 11.6. The average molecular weight is 597 g/mol. The lowest BCUT2D eigenvalue weighted by Gasteiger charge is -2.19. The maximum atomic E-state index is 13.5. The van der Waals surface area contributed by atoms with E-state index in [1.54, 1.807) is 90.5 Å². The minimum atomic E-state index is -0.911. The van der Waals surface area contributed by atoms with Crippen LogP contribution in [0, 0.1) is 0 Å². The van der Waals surface area contributed by atoms with Crippen molar-refractivity contribution in [1.29, 1.82) is 0 Å². The summed E-state index contributed by atoms with van der Waals surface area (Å²) in [7, 11) is 1.72. The SMILES string of the molecule is CCNC(=O)[C@@H](NC(=O)c1c(Cl)c2cc(NC(=O)c3ccccc3-c3ccc(CF)cc3)ccc2n1C)c1ccccc1. The Balaban J connectivity index is 1.42. The van der Waals surface area contributed by atoms with E-state index in [0.29, 0.717) is 45.4 Å². The molecule has 0 aliphatic carbocycles. The Labute approximate surface area is 253 Å². The minimum Gasteiger partial charge on any atom is -0.354 e. The third-order valence-electron chi connectivity index (χ3n) is 7.22. The molecule has 0 saturated carbocycles. The summed E-state index contributed by atoms with van der Waals surface area (Å²) < 4.78 is 14.7. The number of amides is 3. The van der Waals surface area contributed by atoms with Crippen LogP contribution in [-0.2, 0) is 18.5 Å². The topological polar surface area (TPSA) is 92.2 Å². The molecule has 0 bridgehead atoms. The first kappa shape index (κ1) is 29.5. The second kappa shape index (κ2) is 12.9. The molecule has 1 heterocycles. The number of hydrogen-bond donors (Lipinski definition) is 3. The van der Waals surface area contributed by atoms with Crippen LogP contribution in [0.15, 0.2) is 97.1 Å². The van der Waals surface area contributed by atoms with Gasteiger partial charge < -0.3 is 20.5 Å². The van der Waals surface area contributed by atoms with Crippen molar-refractivity contribution in [2.75, 3.05) is 11.9 Å². The van der Waals surface area contributed by atoms with Gasteiger partial charge in [0.15, 0.2) is 0 Å². The van der Waals surface area contributed by atoms with Crippen LogP contribution in [0.4, 0.5) is 10.1 Å². The standard InChI is InChI=1S/C34H30ClFN4O3/c1-3-37-33(42)30(23-9-5-4-6-10-23)39-34(43)31-29(35)27-19-24(17-18-28(27)40(31)2)38-32(41)26-12-8-7-11-25(26)22-15-13-21(20-36)14-16-22/h4-19,30H,3,20H2,1-2H3,(H,37,42)(H,38,41)(H,39,43)/t30-/m0/s1. The van der Waals surface area contributed by atoms with Gasteiger partial charge in [0.05, 0.1) is 10.5 Å². The number of anilines is 1. The second-order valence-corrected chi connectivity index (χ2v) is 10.4. The number of aryl methyl sites for hydroxylation is 1. The van der Waals surface area contributed by atoms with Crippen LogP contribution >= 0.6 is 11.6 Å². The average Bonchev–Trinajstić information content (AvgIpc) is 3.28. The molecule has 0 aliphatic heterocycles. The van der Waals surface area contributed by atoms with Gasteiger partial charge in [0.25, 0.3) is 11.8 Å². The summed E-state index contributed by atoms with van der Waals surface area (Å²) in [5.41, 5.74) is 4.51. The van der Waals surface area contributed by atoms with E-state index in [4.69, 9.17) is 11.6 Å². The molecule has 4 aromatic carbocycles. The van der Waals surface area contributed by atoms with E-state index >= 15 is 0 Å². The van der Waals surface area contributed by atoms with Crippen molar-refractivity contribution >= 4 is 45.9 Å². The number of carbonyl (C=O) groups is 3. The van der Waals surface area contributed by atoms with Crippen LogP contribution in [-0.4, -0.2) is 28.8 Å². The fraction of sp³-hybridized carbons (Fsp3) is 0.147. The number of rotatable bonds is 9. The van der Waals surface area contributed by atoms with Crippen molar-refractivity contribution in [3.05, 3.63) is 124 Å². The molecule has 1 aromatic heterocycles. The first-order valence-corrected chi connectivity index (χ1v) is 14.2. The monoisotopic (exact) mass is 596 g/mol. The molecule has 0 unspecified atom stereocenters. The number of nitrogens with one attached hydrogen (secondary N) is 3. The molecule has 3 amide bonds. The predicted octanol–water partition coefficient (Wildman–Crippen LogP) is 6.83. The maximum Gasteiger partial charge on any atom is 0.270 e. The fourth-order valence-electron chi connectivity index (χ4n) is 5.06. The number of alkyl halides is 1. The molecule has 0 spiro atoms. The molecule has 5 aromatic rings. The third-order valence-corrected chi connectivity index (χ3v) is 7.61. The van der Waals surface area contributed by atoms with Crippen LogP contribution in [0.3, 0.4) is 0 Å². The van der Waals surface area contributed by atoms with Gasteiger partial charge in [0.1, 0.15) is 18.4 Å². The van der Waals surface area contributed by atoms with Gasteiger partial charge in [-0.3, -0.25) is 14.4 Å². The Morgan fingerprint density at radius 1 is 0.884 bits per heavy atom. The smallest absolute Gasteiger partial charge is 0.270 e. The maximum absolute atomic E-state index is 13.5. The van der Waals surface area contributed by atoms with E-state index in [2.05, 4.69) is 16.0 Å². The summed E-state index contributed by atoms with van der Waals surface area (Å²) in [5, 5.41) is 9.29. The van der Waals surface area contributed by atoms with Crippen LogP contribution < -0.4 is 16.0 Å². The highest BCUT2D eigenvalue weighted by atomic mass is 35.5. The Hall–Kier alpha value is -4.95. The van der Waals surface area contributed by atoms with Gasteiger partial charge in [-0.2, -0.15) is 0 Å². The number of carbonyl (C=O) groups excluding carboxylic acids is 3. The molecule has 0 aliphatic rings.